The molecule has 8 heteroatoms. The maximum atomic E-state index is 12.6. The van der Waals surface area contributed by atoms with Gasteiger partial charge >= 0.3 is 6.18 Å². The molecule has 0 spiro atoms. The predicted octanol–water partition coefficient (Wildman–Crippen LogP) is 3.40. The molecule has 1 aromatic carbocycles. The number of carbonyl (C=O) groups is 1. The first-order valence-electron chi connectivity index (χ1n) is 6.88. The summed E-state index contributed by atoms with van der Waals surface area (Å²) in [5, 5.41) is 5.93. The lowest BCUT2D eigenvalue weighted by atomic mass is 10.2. The summed E-state index contributed by atoms with van der Waals surface area (Å²) in [5.74, 6) is -0.428. The summed E-state index contributed by atoms with van der Waals surface area (Å²) in [5.41, 5.74) is 0.0905. The Morgan fingerprint density at radius 3 is 2.67 bits per heavy atom. The van der Waals surface area contributed by atoms with Crippen LogP contribution in [-0.2, 0) is 11.0 Å². The first kappa shape index (κ1) is 15.7. The lowest BCUT2D eigenvalue weighted by Crippen LogP contribution is -2.09. The van der Waals surface area contributed by atoms with Crippen molar-refractivity contribution in [3.8, 4) is 0 Å². The number of nitrogens with zero attached hydrogens (tertiary/aromatic N) is 3. The monoisotopic (exact) mass is 332 g/mol. The van der Waals surface area contributed by atoms with Crippen molar-refractivity contribution >= 4 is 23.3 Å². The molecular weight excluding hydrogens is 321 g/mol. The Balaban J connectivity index is 1.75. The smallest absolute Gasteiger partial charge is 0.320 e. The Kier molecular flexibility index (Phi) is 4.03. The molecule has 0 unspecified atom stereocenters. The van der Waals surface area contributed by atoms with Crippen LogP contribution in [0.1, 0.15) is 11.3 Å². The summed E-state index contributed by atoms with van der Waals surface area (Å²) in [4.78, 5) is 15.7. The zero-order valence-corrected chi connectivity index (χ0v) is 12.2. The third-order valence-corrected chi connectivity index (χ3v) is 3.10. The second-order valence-electron chi connectivity index (χ2n) is 4.91. The summed E-state index contributed by atoms with van der Waals surface area (Å²) in [7, 11) is 0. The highest BCUT2D eigenvalue weighted by molar-refractivity contribution is 6.01. The molecule has 5 nitrogen and oxygen atoms in total. The van der Waals surface area contributed by atoms with E-state index in [1.807, 2.05) is 30.3 Å². The molecule has 0 saturated carbocycles. The van der Waals surface area contributed by atoms with E-state index in [1.165, 1.54) is 18.5 Å². The minimum atomic E-state index is -4.55. The molecule has 24 heavy (non-hydrogen) atoms. The van der Waals surface area contributed by atoms with Crippen LogP contribution in [0.5, 0.6) is 0 Å². The van der Waals surface area contributed by atoms with Gasteiger partial charge in [0.05, 0.1) is 18.1 Å². The Morgan fingerprint density at radius 1 is 1.21 bits per heavy atom. The number of rotatable bonds is 3. The van der Waals surface area contributed by atoms with Crippen molar-refractivity contribution < 1.29 is 18.0 Å². The van der Waals surface area contributed by atoms with Crippen LogP contribution in [0.3, 0.4) is 0 Å². The summed E-state index contributed by atoms with van der Waals surface area (Å²) >= 11 is 0. The number of fused-ring (bicyclic) bond motifs is 1. The third kappa shape index (κ3) is 3.60. The molecule has 0 radical (unpaired) electrons. The molecule has 0 aliphatic heterocycles. The van der Waals surface area contributed by atoms with Crippen LogP contribution in [0.4, 0.5) is 18.9 Å². The molecule has 0 aliphatic rings. The van der Waals surface area contributed by atoms with Gasteiger partial charge in [0.2, 0.25) is 5.91 Å². The Morgan fingerprint density at radius 2 is 1.96 bits per heavy atom. The lowest BCUT2D eigenvalue weighted by molar-refractivity contribution is -0.141. The van der Waals surface area contributed by atoms with Crippen LogP contribution in [-0.4, -0.2) is 20.5 Å². The number of carbonyl (C=O) groups excluding carboxylic acids is 1. The fourth-order valence-corrected chi connectivity index (χ4v) is 2.00. The maximum Gasteiger partial charge on any atom is 0.435 e. The maximum absolute atomic E-state index is 12.6. The first-order chi connectivity index (χ1) is 11.4. The average molecular weight is 332 g/mol. The fraction of sp³-hybridized carbons (Fsp3) is 0.0625. The second kappa shape index (κ2) is 6.15. The van der Waals surface area contributed by atoms with Gasteiger partial charge in [-0.15, -0.1) is 0 Å². The Bertz CT molecular complexity index is 901. The van der Waals surface area contributed by atoms with Gasteiger partial charge in [-0.05, 0) is 11.6 Å². The molecular formula is C16H11F3N4O. The molecule has 0 aliphatic carbocycles. The average Bonchev–Trinajstić information content (AvgIpc) is 2.97. The standard InChI is InChI=1S/C16H11F3N4O/c17-16(18,19)13-8-14-20-9-12(10-23(14)22-13)21-15(24)7-6-11-4-2-1-3-5-11/h1-10H,(H,21,24). The highest BCUT2D eigenvalue weighted by atomic mass is 19.4. The Labute approximate surface area is 134 Å². The number of alkyl halides is 3. The zero-order chi connectivity index (χ0) is 17.2. The van der Waals surface area contributed by atoms with Gasteiger partial charge in [-0.3, -0.25) is 4.79 Å². The minimum Gasteiger partial charge on any atom is -0.320 e. The molecule has 1 N–H and O–H groups in total. The molecule has 0 fully saturated rings. The van der Waals surface area contributed by atoms with E-state index in [-0.39, 0.29) is 11.3 Å². The topological polar surface area (TPSA) is 59.3 Å². The number of nitrogens with one attached hydrogen (secondary N) is 1. The van der Waals surface area contributed by atoms with Crippen molar-refractivity contribution in [3.05, 3.63) is 66.1 Å². The number of aromatic nitrogens is 3. The number of anilines is 1. The van der Waals surface area contributed by atoms with E-state index in [2.05, 4.69) is 15.4 Å². The van der Waals surface area contributed by atoms with Crippen molar-refractivity contribution in [2.75, 3.05) is 5.32 Å². The molecule has 0 bridgehead atoms. The van der Waals surface area contributed by atoms with E-state index >= 15 is 0 Å². The molecule has 122 valence electrons. The van der Waals surface area contributed by atoms with Crippen molar-refractivity contribution in [2.45, 2.75) is 6.18 Å². The third-order valence-electron chi connectivity index (χ3n) is 3.10. The van der Waals surface area contributed by atoms with Crippen molar-refractivity contribution in [3.63, 3.8) is 0 Å². The van der Waals surface area contributed by atoms with E-state index in [4.69, 9.17) is 0 Å². The molecule has 3 aromatic rings. The van der Waals surface area contributed by atoms with Crippen LogP contribution in [0, 0.1) is 0 Å². The minimum absolute atomic E-state index is 0.0418. The number of hydrogen-bond acceptors (Lipinski definition) is 3. The molecule has 2 aromatic heterocycles. The first-order valence-corrected chi connectivity index (χ1v) is 6.88. The summed E-state index contributed by atoms with van der Waals surface area (Å²) in [6.07, 6.45) is 0.938. The van der Waals surface area contributed by atoms with E-state index < -0.39 is 17.8 Å². The van der Waals surface area contributed by atoms with E-state index in [1.54, 1.807) is 6.08 Å². The molecule has 0 saturated heterocycles. The van der Waals surface area contributed by atoms with Crippen LogP contribution >= 0.6 is 0 Å². The van der Waals surface area contributed by atoms with Gasteiger partial charge in [0, 0.05) is 12.1 Å². The summed E-state index contributed by atoms with van der Waals surface area (Å²) in [6.45, 7) is 0. The van der Waals surface area contributed by atoms with Gasteiger partial charge in [0.15, 0.2) is 11.3 Å². The van der Waals surface area contributed by atoms with Crippen molar-refractivity contribution in [1.82, 2.24) is 14.6 Å². The highest BCUT2D eigenvalue weighted by Crippen LogP contribution is 2.28. The molecule has 0 atom stereocenters. The second-order valence-corrected chi connectivity index (χ2v) is 4.91. The van der Waals surface area contributed by atoms with E-state index in [0.29, 0.717) is 0 Å². The van der Waals surface area contributed by atoms with Crippen LogP contribution in [0.2, 0.25) is 0 Å². The lowest BCUT2D eigenvalue weighted by Gasteiger charge is -2.02. The largest absolute Gasteiger partial charge is 0.435 e. The number of amides is 1. The molecule has 1 amide bonds. The number of benzene rings is 1. The summed E-state index contributed by atoms with van der Waals surface area (Å²) in [6, 6.07) is 10.0. The number of hydrogen-bond donors (Lipinski definition) is 1. The van der Waals surface area contributed by atoms with E-state index in [0.717, 1.165) is 16.1 Å². The van der Waals surface area contributed by atoms with Crippen LogP contribution in [0.25, 0.3) is 11.7 Å². The fourth-order valence-electron chi connectivity index (χ4n) is 2.00. The van der Waals surface area contributed by atoms with Crippen LogP contribution in [0.15, 0.2) is 54.9 Å². The summed E-state index contributed by atoms with van der Waals surface area (Å²) < 4.78 is 38.8. The van der Waals surface area contributed by atoms with Gasteiger partial charge in [0.25, 0.3) is 0 Å². The normalized spacial score (nSPS) is 12.0. The molecule has 3 rings (SSSR count). The van der Waals surface area contributed by atoms with Gasteiger partial charge in [-0.2, -0.15) is 18.3 Å². The van der Waals surface area contributed by atoms with Crippen LogP contribution < -0.4 is 5.32 Å². The van der Waals surface area contributed by atoms with Gasteiger partial charge in [-0.25, -0.2) is 9.50 Å². The van der Waals surface area contributed by atoms with Crippen molar-refractivity contribution in [1.29, 1.82) is 0 Å². The van der Waals surface area contributed by atoms with E-state index in [9.17, 15) is 18.0 Å². The van der Waals surface area contributed by atoms with Gasteiger partial charge in [0.1, 0.15) is 0 Å². The zero-order valence-electron chi connectivity index (χ0n) is 12.2. The van der Waals surface area contributed by atoms with Gasteiger partial charge < -0.3 is 5.32 Å². The highest BCUT2D eigenvalue weighted by Gasteiger charge is 2.34. The SMILES string of the molecule is O=C(C=Cc1ccccc1)Nc1cnc2cc(C(F)(F)F)nn2c1. The molecule has 2 heterocycles. The predicted molar refractivity (Wildman–Crippen MR) is 82.1 cm³/mol. The Hall–Kier alpha value is -3.16. The van der Waals surface area contributed by atoms with Crippen molar-refractivity contribution in [2.24, 2.45) is 0 Å². The number of halogens is 3. The quantitative estimate of drug-likeness (QED) is 0.748. The van der Waals surface area contributed by atoms with Gasteiger partial charge in [-0.1, -0.05) is 30.3 Å².